The molecule has 0 aliphatic rings. The van der Waals surface area contributed by atoms with Crippen LogP contribution >= 0.6 is 25.5 Å². The summed E-state index contributed by atoms with van der Waals surface area (Å²) in [6.07, 6.45) is 0. The third-order valence-electron chi connectivity index (χ3n) is 12.0. The van der Waals surface area contributed by atoms with Gasteiger partial charge in [-0.3, -0.25) is 0 Å². The van der Waals surface area contributed by atoms with Crippen molar-refractivity contribution in [1.82, 2.24) is 9.97 Å². The fraction of sp³-hybridized carbons (Fsp3) is 0.193. The van der Waals surface area contributed by atoms with Crippen LogP contribution in [0.5, 0.6) is 35.0 Å². The Bertz CT molecular complexity index is 2610. The molecule has 14 heteroatoms. The van der Waals surface area contributed by atoms with Crippen LogP contribution in [0.1, 0.15) is 25.0 Å². The normalized spacial score (nSPS) is 11.4. The van der Waals surface area contributed by atoms with Gasteiger partial charge >= 0.3 is 27.0 Å². The Morgan fingerprint density at radius 1 is 0.451 bits per heavy atom. The van der Waals surface area contributed by atoms with Crippen molar-refractivity contribution in [1.29, 1.82) is 0 Å². The maximum absolute atomic E-state index is 9.12. The Hall–Kier alpha value is -5.89. The van der Waals surface area contributed by atoms with E-state index in [1.54, 1.807) is 42.7 Å². The van der Waals surface area contributed by atoms with Crippen molar-refractivity contribution in [2.24, 2.45) is 5.92 Å². The quantitative estimate of drug-likeness (QED) is 0.0651. The van der Waals surface area contributed by atoms with Crippen molar-refractivity contribution in [3.8, 4) is 46.1 Å². The SMILES string of the molecule is COc1cc([PH+](c2ccccc2)c2ccccc2)c(-c2c([PH+](c3ccccc3)c3ccccc3)cc(OC)nc2OC)c(OC)n1.COc1ccc(C([NH-])(c2ccc(OC)cc2)[C@@H]([NH-])C(C)C)cc1.[Cl][Ru+2]. The van der Waals surface area contributed by atoms with Crippen LogP contribution in [0.3, 0.4) is 0 Å². The predicted molar refractivity (Wildman–Crippen MR) is 294 cm³/mol. The van der Waals surface area contributed by atoms with E-state index in [9.17, 15) is 0 Å². The molecule has 8 rings (SSSR count). The van der Waals surface area contributed by atoms with Gasteiger partial charge in [0.25, 0.3) is 0 Å². The van der Waals surface area contributed by atoms with Gasteiger partial charge in [0.05, 0.1) is 69.6 Å². The standard InChI is InChI=1S/C38H34N2O4P2.C19H24N2O2.ClH.Ru/c1-41-33-25-31(45(27-17-9-5-10-18-27)28-19-11-6-12-20-28)35(37(39-33)43-3)36-32(26-34(42-2)40-38(36)44-4)46(29-21-13-7-14-22-29)30-23-15-8-16-24-30;1-13(2)18(20)19(21,14-5-9-16(22-3)10-6-14)15-7-11-17(23-4)12-8-15;;/h5-26H,1-4H3;5-13,18,20-21H,1-4H3;1H;/q;-2;;+3/p+1/t;18-;;/m.0../s1. The van der Waals surface area contributed by atoms with Gasteiger partial charge in [0.2, 0.25) is 23.5 Å². The van der Waals surface area contributed by atoms with Crippen molar-refractivity contribution < 1.29 is 45.7 Å². The Labute approximate surface area is 435 Å². The summed E-state index contributed by atoms with van der Waals surface area (Å²) in [5.74, 6) is 3.38. The second-order valence-electron chi connectivity index (χ2n) is 16.4. The van der Waals surface area contributed by atoms with E-state index < -0.39 is 27.4 Å². The molecule has 0 amide bonds. The molecule has 0 aliphatic heterocycles. The van der Waals surface area contributed by atoms with Gasteiger partial charge < -0.3 is 39.9 Å². The molecular formula is C57H60ClN4O6P2Ru+2. The van der Waals surface area contributed by atoms with E-state index in [1.807, 2.05) is 104 Å². The molecule has 0 fully saturated rings. The van der Waals surface area contributed by atoms with Gasteiger partial charge in [-0.25, -0.2) is 0 Å². The molecule has 0 saturated carbocycles. The van der Waals surface area contributed by atoms with Crippen molar-refractivity contribution in [3.05, 3.63) is 205 Å². The van der Waals surface area contributed by atoms with Gasteiger partial charge in [0.15, 0.2) is 0 Å². The molecule has 10 nitrogen and oxygen atoms in total. The first-order valence-corrected chi connectivity index (χ1v) is 27.9. The number of nitrogens with zero attached hydrogens (tertiary/aromatic N) is 2. The van der Waals surface area contributed by atoms with Crippen LogP contribution in [-0.2, 0) is 22.9 Å². The zero-order valence-corrected chi connectivity index (χ0v) is 45.5. The fourth-order valence-corrected chi connectivity index (χ4v) is 14.0. The zero-order valence-electron chi connectivity index (χ0n) is 41.1. The summed E-state index contributed by atoms with van der Waals surface area (Å²) in [6, 6.07) is 60.8. The monoisotopic (exact) mass is 1100 g/mol. The minimum absolute atomic E-state index is 0.0525. The average molecular weight is 1100 g/mol. The summed E-state index contributed by atoms with van der Waals surface area (Å²) in [5, 5.41) is 6.98. The number of aromatic nitrogens is 2. The molecule has 0 saturated heterocycles. The summed E-state index contributed by atoms with van der Waals surface area (Å²) >= 11 is 1.82. The molecule has 367 valence electrons. The number of benzene rings is 6. The van der Waals surface area contributed by atoms with Gasteiger partial charge in [0.1, 0.15) is 43.3 Å². The molecule has 1 atom stereocenters. The summed E-state index contributed by atoms with van der Waals surface area (Å²) in [4.78, 5) is 9.70. The Balaban J connectivity index is 0.000000277. The second-order valence-corrected chi connectivity index (χ2v) is 21.3. The molecule has 6 aromatic carbocycles. The predicted octanol–water partition coefficient (Wildman–Crippen LogP) is 10.9. The summed E-state index contributed by atoms with van der Waals surface area (Å²) in [6.45, 7) is 3.96. The van der Waals surface area contributed by atoms with Gasteiger partial charge in [-0.2, -0.15) is 9.97 Å². The zero-order chi connectivity index (χ0) is 50.9. The van der Waals surface area contributed by atoms with Crippen LogP contribution in [0.25, 0.3) is 22.6 Å². The molecular weight excluding hydrogens is 1040 g/mol. The molecule has 71 heavy (non-hydrogen) atoms. The van der Waals surface area contributed by atoms with Crippen LogP contribution in [-0.4, -0.2) is 58.7 Å². The topological polar surface area (TPSA) is 129 Å². The molecule has 2 heterocycles. The number of nitrogens with one attached hydrogen (secondary N) is 2. The number of hydrogen-bond donors (Lipinski definition) is 0. The van der Waals surface area contributed by atoms with E-state index in [1.165, 1.54) is 21.2 Å². The van der Waals surface area contributed by atoms with Gasteiger partial charge in [-0.15, -0.1) is 6.04 Å². The number of halogens is 1. The van der Waals surface area contributed by atoms with Gasteiger partial charge in [0, 0.05) is 12.1 Å². The molecule has 2 N–H and O–H groups in total. The Morgan fingerprint density at radius 2 is 0.746 bits per heavy atom. The first-order valence-electron chi connectivity index (χ1n) is 22.7. The molecule has 8 aromatic rings. The average Bonchev–Trinajstić information content (AvgIpc) is 3.44. The van der Waals surface area contributed by atoms with E-state index in [0.29, 0.717) is 23.5 Å². The molecule has 0 spiro atoms. The molecule has 0 radical (unpaired) electrons. The number of ether oxygens (including phenoxy) is 6. The van der Waals surface area contributed by atoms with Crippen LogP contribution < -0.4 is 60.2 Å². The van der Waals surface area contributed by atoms with Gasteiger partial charge in [-0.1, -0.05) is 133 Å². The third-order valence-corrected chi connectivity index (χ3v) is 17.5. The summed E-state index contributed by atoms with van der Waals surface area (Å²) < 4.78 is 34.2. The number of rotatable bonds is 17. The van der Waals surface area contributed by atoms with Crippen molar-refractivity contribution in [2.45, 2.75) is 25.4 Å². The van der Waals surface area contributed by atoms with E-state index in [2.05, 4.69) is 119 Å². The molecule has 0 unspecified atom stereocenters. The number of pyridine rings is 2. The third kappa shape index (κ3) is 12.6. The fourth-order valence-electron chi connectivity index (χ4n) is 8.49. The number of hydrogen-bond acceptors (Lipinski definition) is 8. The Kier molecular flexibility index (Phi) is 20.3. The Morgan fingerprint density at radius 3 is 0.986 bits per heavy atom. The molecule has 2 aromatic heterocycles. The van der Waals surface area contributed by atoms with Crippen LogP contribution in [0, 0.1) is 5.92 Å². The van der Waals surface area contributed by atoms with Gasteiger partial charge in [-0.05, 0) is 72.8 Å². The van der Waals surface area contributed by atoms with Crippen LogP contribution in [0.15, 0.2) is 182 Å². The molecule has 0 bridgehead atoms. The maximum atomic E-state index is 9.12. The summed E-state index contributed by atoms with van der Waals surface area (Å²) in [5.41, 5.74) is 19.8. The van der Waals surface area contributed by atoms with E-state index in [-0.39, 0.29) is 5.92 Å². The van der Waals surface area contributed by atoms with Crippen LogP contribution in [0.4, 0.5) is 0 Å². The first kappa shape index (κ1) is 54.4. The van der Waals surface area contributed by atoms with E-state index in [0.717, 1.165) is 44.4 Å². The second kappa shape index (κ2) is 26.5. The molecule has 0 aliphatic carbocycles. The van der Waals surface area contributed by atoms with Crippen LogP contribution in [0.2, 0.25) is 0 Å². The first-order chi connectivity index (χ1) is 34.6. The van der Waals surface area contributed by atoms with E-state index in [4.69, 9.17) is 49.9 Å². The number of methoxy groups -OCH3 is 6. The van der Waals surface area contributed by atoms with Crippen molar-refractivity contribution in [2.75, 3.05) is 42.7 Å². The van der Waals surface area contributed by atoms with E-state index >= 15 is 0 Å². The summed E-state index contributed by atoms with van der Waals surface area (Å²) in [7, 11) is 11.1. The minimum atomic E-state index is -1.63. The van der Waals surface area contributed by atoms with Crippen molar-refractivity contribution in [3.63, 3.8) is 0 Å². The van der Waals surface area contributed by atoms with Crippen molar-refractivity contribution >= 4 is 57.4 Å².